The highest BCUT2D eigenvalue weighted by Crippen LogP contribution is 2.27. The lowest BCUT2D eigenvalue weighted by atomic mass is 10.0. The van der Waals surface area contributed by atoms with Crippen molar-refractivity contribution in [2.75, 3.05) is 6.54 Å². The first-order chi connectivity index (χ1) is 12.0. The normalized spacial score (nSPS) is 20.5. The average Bonchev–Trinajstić information content (AvgIpc) is 3.18. The van der Waals surface area contributed by atoms with E-state index >= 15 is 0 Å². The number of aryl methyl sites for hydroxylation is 1. The molecule has 1 aromatic carbocycles. The van der Waals surface area contributed by atoms with Crippen molar-refractivity contribution in [2.24, 2.45) is 11.7 Å². The van der Waals surface area contributed by atoms with Crippen molar-refractivity contribution in [3.63, 3.8) is 0 Å². The van der Waals surface area contributed by atoms with Gasteiger partial charge in [-0.15, -0.1) is 12.4 Å². The van der Waals surface area contributed by atoms with Crippen molar-refractivity contribution in [2.45, 2.75) is 52.1 Å². The molecule has 0 bridgehead atoms. The van der Waals surface area contributed by atoms with Crippen LogP contribution in [0.2, 0.25) is 0 Å². The van der Waals surface area contributed by atoms with Crippen LogP contribution in [0, 0.1) is 19.8 Å². The van der Waals surface area contributed by atoms with Gasteiger partial charge in [-0.05, 0) is 57.7 Å². The largest absolute Gasteiger partial charge is 0.349 e. The molecule has 3 N–H and O–H groups in total. The lowest BCUT2D eigenvalue weighted by Gasteiger charge is -2.21. The van der Waals surface area contributed by atoms with E-state index in [1.54, 1.807) is 0 Å². The summed E-state index contributed by atoms with van der Waals surface area (Å²) in [4.78, 5) is 12.8. The third-order valence-corrected chi connectivity index (χ3v) is 5.68. The molecule has 26 heavy (non-hydrogen) atoms. The molecule has 2 aromatic rings. The Balaban J connectivity index is 0.00000243. The smallest absolute Gasteiger partial charge is 0.253 e. The summed E-state index contributed by atoms with van der Waals surface area (Å²) in [5.74, 6) is 0.445. The van der Waals surface area contributed by atoms with Crippen molar-refractivity contribution >= 4 is 18.3 Å². The van der Waals surface area contributed by atoms with E-state index in [2.05, 4.69) is 48.0 Å². The van der Waals surface area contributed by atoms with Gasteiger partial charge in [-0.25, -0.2) is 0 Å². The van der Waals surface area contributed by atoms with Gasteiger partial charge < -0.3 is 15.6 Å². The summed E-state index contributed by atoms with van der Waals surface area (Å²) in [5, 5.41) is 3.22. The predicted molar refractivity (Wildman–Crippen MR) is 109 cm³/mol. The Labute approximate surface area is 162 Å². The molecule has 1 aromatic heterocycles. The second kappa shape index (κ2) is 8.74. The van der Waals surface area contributed by atoms with Crippen LogP contribution in [0.1, 0.15) is 59.5 Å². The summed E-state index contributed by atoms with van der Waals surface area (Å²) in [7, 11) is 0. The summed E-state index contributed by atoms with van der Waals surface area (Å²) < 4.78 is 2.25. The monoisotopic (exact) mass is 375 g/mol. The molecule has 3 rings (SSSR count). The molecular formula is C21H30ClN3O. The molecule has 5 heteroatoms. The molecule has 0 radical (unpaired) electrons. The maximum absolute atomic E-state index is 12.8. The summed E-state index contributed by atoms with van der Waals surface area (Å²) in [6.07, 6.45) is 3.30. The van der Waals surface area contributed by atoms with Crippen LogP contribution >= 0.6 is 12.4 Å². The number of carbonyl (C=O) groups is 1. The van der Waals surface area contributed by atoms with Crippen LogP contribution < -0.4 is 11.1 Å². The van der Waals surface area contributed by atoms with Gasteiger partial charge in [-0.2, -0.15) is 0 Å². The SMILES string of the molecule is Cc1cc(C(=O)NC2CCCC2CN)c(C)n1C(C)c1ccccc1.Cl. The van der Waals surface area contributed by atoms with Crippen LogP contribution in [0.5, 0.6) is 0 Å². The first-order valence-corrected chi connectivity index (χ1v) is 9.27. The lowest BCUT2D eigenvalue weighted by molar-refractivity contribution is 0.0928. The number of hydrogen-bond acceptors (Lipinski definition) is 2. The Morgan fingerprint density at radius 1 is 1.27 bits per heavy atom. The minimum Gasteiger partial charge on any atom is -0.349 e. The van der Waals surface area contributed by atoms with Crippen LogP contribution in [0.25, 0.3) is 0 Å². The fourth-order valence-corrected chi connectivity index (χ4v) is 4.24. The highest BCUT2D eigenvalue weighted by atomic mass is 35.5. The molecular weight excluding hydrogens is 346 g/mol. The maximum Gasteiger partial charge on any atom is 0.253 e. The van der Waals surface area contributed by atoms with Crippen molar-refractivity contribution < 1.29 is 4.79 Å². The van der Waals surface area contributed by atoms with Crippen LogP contribution in [0.4, 0.5) is 0 Å². The first kappa shape index (κ1) is 20.5. The van der Waals surface area contributed by atoms with E-state index in [-0.39, 0.29) is 30.4 Å². The molecule has 1 heterocycles. The molecule has 1 fully saturated rings. The second-order valence-corrected chi connectivity index (χ2v) is 7.25. The Morgan fingerprint density at radius 2 is 1.96 bits per heavy atom. The molecule has 0 saturated heterocycles. The average molecular weight is 376 g/mol. The topological polar surface area (TPSA) is 60.1 Å². The molecule has 4 nitrogen and oxygen atoms in total. The molecule has 3 unspecified atom stereocenters. The number of rotatable bonds is 5. The zero-order chi connectivity index (χ0) is 18.0. The van der Waals surface area contributed by atoms with Crippen molar-refractivity contribution in [3.05, 3.63) is 58.9 Å². The lowest BCUT2D eigenvalue weighted by Crippen LogP contribution is -2.40. The maximum atomic E-state index is 12.8. The van der Waals surface area contributed by atoms with E-state index in [1.807, 2.05) is 19.1 Å². The van der Waals surface area contributed by atoms with Gasteiger partial charge in [0.2, 0.25) is 0 Å². The molecule has 142 valence electrons. The molecule has 1 amide bonds. The number of carbonyl (C=O) groups excluding carboxylic acids is 1. The number of benzene rings is 1. The predicted octanol–water partition coefficient (Wildman–Crippen LogP) is 3.99. The third-order valence-electron chi connectivity index (χ3n) is 5.68. The Hall–Kier alpha value is -1.78. The van der Waals surface area contributed by atoms with Gasteiger partial charge in [-0.3, -0.25) is 4.79 Å². The molecule has 1 aliphatic carbocycles. The van der Waals surface area contributed by atoms with E-state index < -0.39 is 0 Å². The van der Waals surface area contributed by atoms with E-state index in [4.69, 9.17) is 5.73 Å². The number of nitrogens with one attached hydrogen (secondary N) is 1. The van der Waals surface area contributed by atoms with Crippen molar-refractivity contribution in [1.82, 2.24) is 9.88 Å². The van der Waals surface area contributed by atoms with Crippen LogP contribution in [0.3, 0.4) is 0 Å². The third kappa shape index (κ3) is 3.97. The number of nitrogens with zero attached hydrogens (tertiary/aromatic N) is 1. The fourth-order valence-electron chi connectivity index (χ4n) is 4.24. The van der Waals surface area contributed by atoms with E-state index in [1.165, 1.54) is 5.56 Å². The Bertz CT molecular complexity index is 741. The van der Waals surface area contributed by atoms with Gasteiger partial charge in [0.1, 0.15) is 0 Å². The number of aromatic nitrogens is 1. The quantitative estimate of drug-likeness (QED) is 0.829. The summed E-state index contributed by atoms with van der Waals surface area (Å²) >= 11 is 0. The number of halogens is 1. The summed E-state index contributed by atoms with van der Waals surface area (Å²) in [6, 6.07) is 12.8. The van der Waals surface area contributed by atoms with Gasteiger partial charge in [0, 0.05) is 17.4 Å². The van der Waals surface area contributed by atoms with Crippen LogP contribution in [-0.2, 0) is 0 Å². The molecule has 1 saturated carbocycles. The second-order valence-electron chi connectivity index (χ2n) is 7.25. The zero-order valence-corrected chi connectivity index (χ0v) is 16.7. The zero-order valence-electron chi connectivity index (χ0n) is 15.9. The van der Waals surface area contributed by atoms with Gasteiger partial charge in [0.15, 0.2) is 0 Å². The molecule has 0 aliphatic heterocycles. The van der Waals surface area contributed by atoms with Crippen LogP contribution in [-0.4, -0.2) is 23.1 Å². The van der Waals surface area contributed by atoms with Crippen molar-refractivity contribution in [1.29, 1.82) is 0 Å². The highest BCUT2D eigenvalue weighted by Gasteiger charge is 2.29. The van der Waals surface area contributed by atoms with E-state index in [9.17, 15) is 4.79 Å². The van der Waals surface area contributed by atoms with Crippen molar-refractivity contribution in [3.8, 4) is 0 Å². The minimum absolute atomic E-state index is 0. The number of hydrogen-bond donors (Lipinski definition) is 2. The molecule has 0 spiro atoms. The number of nitrogens with two attached hydrogens (primary N) is 1. The van der Waals surface area contributed by atoms with E-state index in [0.29, 0.717) is 12.5 Å². The first-order valence-electron chi connectivity index (χ1n) is 9.27. The standard InChI is InChI=1S/C21H29N3O.ClH/c1-14-12-19(21(25)23-20-11-7-10-18(20)13-22)16(3)24(14)15(2)17-8-5-4-6-9-17;/h4-6,8-9,12,15,18,20H,7,10-11,13,22H2,1-3H3,(H,23,25);1H. The highest BCUT2D eigenvalue weighted by molar-refractivity contribution is 5.96. The minimum atomic E-state index is 0. The van der Waals surface area contributed by atoms with Gasteiger partial charge in [0.05, 0.1) is 11.6 Å². The molecule has 3 atom stereocenters. The Morgan fingerprint density at radius 3 is 2.62 bits per heavy atom. The summed E-state index contributed by atoms with van der Waals surface area (Å²) in [6.45, 7) is 6.94. The van der Waals surface area contributed by atoms with Gasteiger partial charge >= 0.3 is 0 Å². The van der Waals surface area contributed by atoms with Gasteiger partial charge in [0.25, 0.3) is 5.91 Å². The fraction of sp³-hybridized carbons (Fsp3) is 0.476. The van der Waals surface area contributed by atoms with Crippen LogP contribution in [0.15, 0.2) is 36.4 Å². The van der Waals surface area contributed by atoms with Gasteiger partial charge in [-0.1, -0.05) is 36.8 Å². The number of amides is 1. The molecule has 1 aliphatic rings. The summed E-state index contributed by atoms with van der Waals surface area (Å²) in [5.41, 5.74) is 10.0. The van der Waals surface area contributed by atoms with E-state index in [0.717, 1.165) is 36.2 Å². The Kier molecular flexibility index (Phi) is 6.90.